The van der Waals surface area contributed by atoms with E-state index >= 15 is 0 Å². The summed E-state index contributed by atoms with van der Waals surface area (Å²) in [6.07, 6.45) is 6.06. The number of urea groups is 1. The molecule has 3 fully saturated rings. The van der Waals surface area contributed by atoms with E-state index in [2.05, 4.69) is 10.3 Å². The average Bonchev–Trinajstić information content (AvgIpc) is 3.48. The molecule has 2 aromatic rings. The van der Waals surface area contributed by atoms with Crippen LogP contribution >= 0.6 is 0 Å². The van der Waals surface area contributed by atoms with Crippen LogP contribution in [0.15, 0.2) is 24.3 Å². The number of carbonyl (C=O) groups is 3. The highest BCUT2D eigenvalue weighted by atomic mass is 16.2. The summed E-state index contributed by atoms with van der Waals surface area (Å²) in [5.74, 6) is 1.34. The maximum absolute atomic E-state index is 12.7. The fourth-order valence-electron chi connectivity index (χ4n) is 5.31. The Balaban J connectivity index is 1.10. The molecule has 2 aliphatic heterocycles. The molecule has 0 bridgehead atoms. The molecule has 1 aromatic heterocycles. The summed E-state index contributed by atoms with van der Waals surface area (Å²) in [4.78, 5) is 48.9. The van der Waals surface area contributed by atoms with Crippen LogP contribution in [0.1, 0.15) is 63.1 Å². The highest BCUT2D eigenvalue weighted by Crippen LogP contribution is 2.35. The van der Waals surface area contributed by atoms with Gasteiger partial charge in [-0.1, -0.05) is 25.0 Å². The van der Waals surface area contributed by atoms with E-state index in [1.165, 1.54) is 4.90 Å². The number of carbonyl (C=O) groups excluding carboxylic acids is 3. The molecule has 3 aliphatic rings. The standard InChI is InChI=1S/C23H29N5O3/c29-19(8-5-13-28-21(30)23(26-22(28)31)11-3-4-12-23)27-14-9-16(10-15-27)20-24-17-6-1-2-7-18(17)25-20/h1-2,6-7,16H,3-5,8-15H2,(H,24,25)(H,26,31). The fourth-order valence-corrected chi connectivity index (χ4v) is 5.31. The average molecular weight is 424 g/mol. The summed E-state index contributed by atoms with van der Waals surface area (Å²) < 4.78 is 0. The lowest BCUT2D eigenvalue weighted by molar-refractivity contribution is -0.134. The van der Waals surface area contributed by atoms with Gasteiger partial charge in [-0.15, -0.1) is 0 Å². The van der Waals surface area contributed by atoms with Gasteiger partial charge < -0.3 is 15.2 Å². The lowest BCUT2D eigenvalue weighted by Gasteiger charge is -2.31. The lowest BCUT2D eigenvalue weighted by atomic mass is 9.96. The van der Waals surface area contributed by atoms with Crippen molar-refractivity contribution in [3.05, 3.63) is 30.1 Å². The number of hydrogen-bond acceptors (Lipinski definition) is 4. The third-order valence-corrected chi connectivity index (χ3v) is 7.12. The van der Waals surface area contributed by atoms with E-state index in [1.54, 1.807) is 0 Å². The van der Waals surface area contributed by atoms with E-state index in [9.17, 15) is 14.4 Å². The Morgan fingerprint density at radius 3 is 2.61 bits per heavy atom. The number of nitrogens with one attached hydrogen (secondary N) is 2. The smallest absolute Gasteiger partial charge is 0.325 e. The van der Waals surface area contributed by atoms with Gasteiger partial charge in [-0.25, -0.2) is 9.78 Å². The normalized spacial score (nSPS) is 21.4. The van der Waals surface area contributed by atoms with Gasteiger partial charge in [0.1, 0.15) is 11.4 Å². The maximum Gasteiger partial charge on any atom is 0.325 e. The summed E-state index contributed by atoms with van der Waals surface area (Å²) in [7, 11) is 0. The number of imidazole rings is 1. The van der Waals surface area contributed by atoms with Crippen LogP contribution in [-0.2, 0) is 9.59 Å². The summed E-state index contributed by atoms with van der Waals surface area (Å²) in [6, 6.07) is 7.73. The second-order valence-corrected chi connectivity index (χ2v) is 9.07. The Kier molecular flexibility index (Phi) is 5.16. The summed E-state index contributed by atoms with van der Waals surface area (Å²) >= 11 is 0. The Labute approximate surface area is 181 Å². The SMILES string of the molecule is O=C(CCCN1C(=O)NC2(CCCC2)C1=O)N1CCC(c2nc3ccccc3[nH]2)CC1. The molecule has 0 unspecified atom stereocenters. The number of piperidine rings is 1. The molecule has 2 N–H and O–H groups in total. The van der Waals surface area contributed by atoms with Gasteiger partial charge in [0, 0.05) is 32.0 Å². The van der Waals surface area contributed by atoms with E-state index in [0.29, 0.717) is 38.4 Å². The van der Waals surface area contributed by atoms with Crippen molar-refractivity contribution in [2.45, 2.75) is 62.8 Å². The topological polar surface area (TPSA) is 98.4 Å². The third kappa shape index (κ3) is 3.68. The minimum absolute atomic E-state index is 0.102. The van der Waals surface area contributed by atoms with Crippen molar-refractivity contribution < 1.29 is 14.4 Å². The predicted molar refractivity (Wildman–Crippen MR) is 115 cm³/mol. The number of imide groups is 1. The van der Waals surface area contributed by atoms with Crippen molar-refractivity contribution in [2.75, 3.05) is 19.6 Å². The number of likely N-dealkylation sites (tertiary alicyclic amines) is 1. The molecule has 1 aromatic carbocycles. The predicted octanol–water partition coefficient (Wildman–Crippen LogP) is 2.91. The Hall–Kier alpha value is -2.90. The first-order valence-electron chi connectivity index (χ1n) is 11.4. The number of aromatic nitrogens is 2. The van der Waals surface area contributed by atoms with Gasteiger partial charge in [0.15, 0.2) is 0 Å². The molecule has 5 rings (SSSR count). The number of H-pyrrole nitrogens is 1. The highest BCUT2D eigenvalue weighted by molar-refractivity contribution is 6.07. The molecule has 3 heterocycles. The molecular weight excluding hydrogens is 394 g/mol. The minimum atomic E-state index is -0.667. The zero-order chi connectivity index (χ0) is 21.4. The first-order valence-corrected chi connectivity index (χ1v) is 11.4. The molecule has 8 heteroatoms. The van der Waals surface area contributed by atoms with Crippen LogP contribution in [0.25, 0.3) is 11.0 Å². The number of aromatic amines is 1. The number of hydrogen-bond donors (Lipinski definition) is 2. The Bertz CT molecular complexity index is 969. The monoisotopic (exact) mass is 423 g/mol. The van der Waals surface area contributed by atoms with E-state index < -0.39 is 5.54 Å². The molecule has 2 saturated heterocycles. The van der Waals surface area contributed by atoms with Crippen molar-refractivity contribution in [3.8, 4) is 0 Å². The third-order valence-electron chi connectivity index (χ3n) is 7.12. The molecule has 1 aliphatic carbocycles. The van der Waals surface area contributed by atoms with Crippen molar-refractivity contribution in [1.29, 1.82) is 0 Å². The highest BCUT2D eigenvalue weighted by Gasteiger charge is 2.52. The van der Waals surface area contributed by atoms with Gasteiger partial charge in [-0.2, -0.15) is 0 Å². The van der Waals surface area contributed by atoms with Crippen LogP contribution in [0.3, 0.4) is 0 Å². The van der Waals surface area contributed by atoms with Crippen LogP contribution < -0.4 is 5.32 Å². The van der Waals surface area contributed by atoms with E-state index in [0.717, 1.165) is 55.4 Å². The van der Waals surface area contributed by atoms with Crippen molar-refractivity contribution in [3.63, 3.8) is 0 Å². The minimum Gasteiger partial charge on any atom is -0.343 e. The van der Waals surface area contributed by atoms with E-state index in [1.807, 2.05) is 29.2 Å². The Morgan fingerprint density at radius 2 is 1.87 bits per heavy atom. The van der Waals surface area contributed by atoms with Gasteiger partial charge in [-0.3, -0.25) is 14.5 Å². The number of fused-ring (bicyclic) bond motifs is 1. The largest absolute Gasteiger partial charge is 0.343 e. The summed E-state index contributed by atoms with van der Waals surface area (Å²) in [5.41, 5.74) is 1.37. The number of para-hydroxylation sites is 2. The second kappa shape index (κ2) is 7.98. The fraction of sp³-hybridized carbons (Fsp3) is 0.565. The number of benzene rings is 1. The van der Waals surface area contributed by atoms with Crippen LogP contribution in [0.5, 0.6) is 0 Å². The first kappa shape index (κ1) is 20.0. The van der Waals surface area contributed by atoms with Gasteiger partial charge >= 0.3 is 6.03 Å². The molecule has 1 spiro atoms. The summed E-state index contributed by atoms with van der Waals surface area (Å²) in [6.45, 7) is 1.74. The number of amides is 4. The van der Waals surface area contributed by atoms with Crippen LogP contribution in [-0.4, -0.2) is 62.8 Å². The van der Waals surface area contributed by atoms with Crippen LogP contribution in [0.2, 0.25) is 0 Å². The molecule has 164 valence electrons. The number of rotatable bonds is 5. The van der Waals surface area contributed by atoms with Crippen molar-refractivity contribution >= 4 is 28.9 Å². The van der Waals surface area contributed by atoms with Crippen LogP contribution in [0, 0.1) is 0 Å². The molecule has 0 atom stereocenters. The Morgan fingerprint density at radius 1 is 1.13 bits per heavy atom. The first-order chi connectivity index (χ1) is 15.1. The molecule has 8 nitrogen and oxygen atoms in total. The zero-order valence-electron chi connectivity index (χ0n) is 17.7. The second-order valence-electron chi connectivity index (χ2n) is 9.07. The van der Waals surface area contributed by atoms with Gasteiger partial charge in [0.2, 0.25) is 5.91 Å². The zero-order valence-corrected chi connectivity index (χ0v) is 17.7. The molecule has 4 amide bonds. The molecule has 1 saturated carbocycles. The van der Waals surface area contributed by atoms with Gasteiger partial charge in [0.25, 0.3) is 5.91 Å². The maximum atomic E-state index is 12.7. The van der Waals surface area contributed by atoms with Gasteiger partial charge in [0.05, 0.1) is 11.0 Å². The summed E-state index contributed by atoms with van der Waals surface area (Å²) in [5, 5.41) is 2.89. The van der Waals surface area contributed by atoms with Crippen molar-refractivity contribution in [2.24, 2.45) is 0 Å². The van der Waals surface area contributed by atoms with Gasteiger partial charge in [-0.05, 0) is 44.2 Å². The van der Waals surface area contributed by atoms with Crippen molar-refractivity contribution in [1.82, 2.24) is 25.1 Å². The van der Waals surface area contributed by atoms with E-state index in [4.69, 9.17) is 4.98 Å². The quantitative estimate of drug-likeness (QED) is 0.723. The van der Waals surface area contributed by atoms with E-state index in [-0.39, 0.29) is 17.8 Å². The van der Waals surface area contributed by atoms with Crippen LogP contribution in [0.4, 0.5) is 4.79 Å². The molecule has 31 heavy (non-hydrogen) atoms. The molecule has 0 radical (unpaired) electrons. The lowest BCUT2D eigenvalue weighted by Crippen LogP contribution is -2.44. The molecular formula is C23H29N5O3. The number of nitrogens with zero attached hydrogens (tertiary/aromatic N) is 3.